The molecule has 35 heavy (non-hydrogen) atoms. The van der Waals surface area contributed by atoms with Crippen molar-refractivity contribution in [3.8, 4) is 0 Å². The lowest BCUT2D eigenvalue weighted by Gasteiger charge is -2.12. The first-order valence-corrected chi connectivity index (χ1v) is 13.7. The zero-order valence-electron chi connectivity index (χ0n) is 19.4. The topological polar surface area (TPSA) is 85.4 Å². The van der Waals surface area contributed by atoms with Gasteiger partial charge in [0.25, 0.3) is 0 Å². The van der Waals surface area contributed by atoms with Crippen LogP contribution in [0.1, 0.15) is 41.5 Å². The molecule has 1 aromatic heterocycles. The average Bonchev–Trinajstić information content (AvgIpc) is 3.25. The van der Waals surface area contributed by atoms with Gasteiger partial charge in [0, 0.05) is 34.9 Å². The average molecular weight is 555 g/mol. The first-order valence-electron chi connectivity index (χ1n) is 11.4. The largest absolute Gasteiger partial charge is 0.469 e. The summed E-state index contributed by atoms with van der Waals surface area (Å²) in [7, 11) is -2.20. The fourth-order valence-electron chi connectivity index (χ4n) is 4.29. The molecule has 4 rings (SSSR count). The minimum atomic E-state index is -3.60. The van der Waals surface area contributed by atoms with Crippen LogP contribution in [0.25, 0.3) is 5.57 Å². The van der Waals surface area contributed by atoms with Gasteiger partial charge in [-0.25, -0.2) is 13.1 Å². The van der Waals surface area contributed by atoms with Gasteiger partial charge in [-0.3, -0.25) is 9.78 Å². The van der Waals surface area contributed by atoms with E-state index in [0.29, 0.717) is 25.7 Å². The lowest BCUT2D eigenvalue weighted by molar-refractivity contribution is -0.140. The van der Waals surface area contributed by atoms with Gasteiger partial charge in [0.2, 0.25) is 10.0 Å². The minimum Gasteiger partial charge on any atom is -0.469 e. The number of nitrogens with one attached hydrogen (secondary N) is 1. The lowest BCUT2D eigenvalue weighted by Crippen LogP contribution is -2.35. The summed E-state index contributed by atoms with van der Waals surface area (Å²) in [5.41, 5.74) is 5.37. The van der Waals surface area contributed by atoms with E-state index < -0.39 is 10.0 Å². The fourth-order valence-corrected chi connectivity index (χ4v) is 5.79. The molecule has 1 N–H and O–H groups in total. The van der Waals surface area contributed by atoms with Crippen molar-refractivity contribution in [3.63, 3.8) is 0 Å². The van der Waals surface area contributed by atoms with E-state index in [2.05, 4.69) is 49.9 Å². The molecule has 3 aromatic rings. The van der Waals surface area contributed by atoms with E-state index in [1.54, 1.807) is 30.5 Å². The number of aromatic nitrogens is 1. The van der Waals surface area contributed by atoms with Crippen LogP contribution in [-0.2, 0) is 32.4 Å². The first-order chi connectivity index (χ1) is 16.9. The molecule has 6 nitrogen and oxygen atoms in total. The van der Waals surface area contributed by atoms with Crippen LogP contribution in [0.5, 0.6) is 0 Å². The SMILES string of the molecule is COC(=O)CCC/C=C(\c1cccnc1)c1ccc2c(c1)CC(NS(=O)(=O)c1ccc(Br)cc1)C2. The van der Waals surface area contributed by atoms with Gasteiger partial charge in [0.05, 0.1) is 12.0 Å². The number of ether oxygens (including phenoxy) is 1. The summed E-state index contributed by atoms with van der Waals surface area (Å²) in [6.45, 7) is 0. The molecule has 182 valence electrons. The third-order valence-electron chi connectivity index (χ3n) is 6.03. The number of allylic oxidation sites excluding steroid dienone is 1. The van der Waals surface area contributed by atoms with E-state index in [4.69, 9.17) is 4.74 Å². The molecule has 0 fully saturated rings. The van der Waals surface area contributed by atoms with Crippen molar-refractivity contribution in [2.45, 2.75) is 43.0 Å². The Hall–Kier alpha value is -2.81. The number of halogens is 1. The first kappa shape index (κ1) is 25.3. The van der Waals surface area contributed by atoms with Crippen LogP contribution in [0.3, 0.4) is 0 Å². The summed E-state index contributed by atoms with van der Waals surface area (Å²) < 4.78 is 34.1. The Morgan fingerprint density at radius 3 is 2.60 bits per heavy atom. The second-order valence-electron chi connectivity index (χ2n) is 8.49. The number of fused-ring (bicyclic) bond motifs is 1. The number of methoxy groups -OCH3 is 1. The second kappa shape index (κ2) is 11.3. The van der Waals surface area contributed by atoms with Crippen LogP contribution in [-0.4, -0.2) is 32.5 Å². The lowest BCUT2D eigenvalue weighted by atomic mass is 9.95. The molecule has 2 aromatic carbocycles. The molecule has 0 saturated carbocycles. The van der Waals surface area contributed by atoms with Crippen LogP contribution in [0.15, 0.2) is 82.4 Å². The highest BCUT2D eigenvalue weighted by Crippen LogP contribution is 2.30. The van der Waals surface area contributed by atoms with Crippen molar-refractivity contribution in [3.05, 3.63) is 99.8 Å². The van der Waals surface area contributed by atoms with Gasteiger partial charge in [-0.2, -0.15) is 0 Å². The van der Waals surface area contributed by atoms with Gasteiger partial charge in [0.15, 0.2) is 0 Å². The maximum Gasteiger partial charge on any atom is 0.305 e. The van der Waals surface area contributed by atoms with E-state index in [0.717, 1.165) is 38.7 Å². The molecule has 1 atom stereocenters. The van der Waals surface area contributed by atoms with Crippen LogP contribution < -0.4 is 4.72 Å². The number of unbranched alkanes of at least 4 members (excludes halogenated alkanes) is 1. The molecule has 0 spiro atoms. The van der Waals surface area contributed by atoms with Gasteiger partial charge >= 0.3 is 5.97 Å². The second-order valence-corrected chi connectivity index (χ2v) is 11.1. The number of pyridine rings is 1. The molecule has 1 unspecified atom stereocenters. The predicted molar refractivity (Wildman–Crippen MR) is 139 cm³/mol. The van der Waals surface area contributed by atoms with Gasteiger partial charge in [-0.1, -0.05) is 46.3 Å². The monoisotopic (exact) mass is 554 g/mol. The molecule has 0 radical (unpaired) electrons. The predicted octanol–water partition coefficient (Wildman–Crippen LogP) is 5.06. The third-order valence-corrected chi connectivity index (χ3v) is 8.09. The van der Waals surface area contributed by atoms with E-state index in [9.17, 15) is 13.2 Å². The molecular formula is C27H27BrN2O4S. The zero-order chi connectivity index (χ0) is 24.8. The van der Waals surface area contributed by atoms with Crippen LogP contribution in [0, 0.1) is 0 Å². The van der Waals surface area contributed by atoms with Crippen LogP contribution in [0.4, 0.5) is 0 Å². The Morgan fingerprint density at radius 2 is 1.89 bits per heavy atom. The summed E-state index contributed by atoms with van der Waals surface area (Å²) in [6.07, 6.45) is 8.77. The third kappa shape index (κ3) is 6.45. The van der Waals surface area contributed by atoms with Gasteiger partial charge in [-0.15, -0.1) is 0 Å². The molecule has 0 amide bonds. The van der Waals surface area contributed by atoms with E-state index in [-0.39, 0.29) is 16.9 Å². The number of hydrogen-bond donors (Lipinski definition) is 1. The summed E-state index contributed by atoms with van der Waals surface area (Å²) in [6, 6.07) is 16.7. The van der Waals surface area contributed by atoms with Crippen molar-refractivity contribution in [2.24, 2.45) is 0 Å². The molecular weight excluding hydrogens is 528 g/mol. The number of carbonyl (C=O) groups is 1. The van der Waals surface area contributed by atoms with Crippen molar-refractivity contribution in [1.82, 2.24) is 9.71 Å². The van der Waals surface area contributed by atoms with E-state index in [1.165, 1.54) is 7.11 Å². The summed E-state index contributed by atoms with van der Waals surface area (Å²) >= 11 is 3.34. The minimum absolute atomic E-state index is 0.195. The number of benzene rings is 2. The fraction of sp³-hybridized carbons (Fsp3) is 0.259. The molecule has 1 aliphatic carbocycles. The van der Waals surface area contributed by atoms with E-state index in [1.807, 2.05) is 18.3 Å². The maximum atomic E-state index is 12.9. The van der Waals surface area contributed by atoms with Crippen molar-refractivity contribution in [2.75, 3.05) is 7.11 Å². The molecule has 8 heteroatoms. The molecule has 0 aliphatic heterocycles. The van der Waals surface area contributed by atoms with Gasteiger partial charge in [-0.05, 0) is 78.3 Å². The Labute approximate surface area is 214 Å². The quantitative estimate of drug-likeness (QED) is 0.295. The molecule has 1 aliphatic rings. The Morgan fingerprint density at radius 1 is 1.11 bits per heavy atom. The Balaban J connectivity index is 1.52. The summed E-state index contributed by atoms with van der Waals surface area (Å²) in [4.78, 5) is 16.0. The van der Waals surface area contributed by atoms with Gasteiger partial charge < -0.3 is 4.74 Å². The molecule has 0 bridgehead atoms. The highest BCUT2D eigenvalue weighted by Gasteiger charge is 2.27. The van der Waals surface area contributed by atoms with Crippen molar-refractivity contribution >= 4 is 37.5 Å². The smallest absolute Gasteiger partial charge is 0.305 e. The summed E-state index contributed by atoms with van der Waals surface area (Å²) in [5, 5.41) is 0. The number of sulfonamides is 1. The Kier molecular flexibility index (Phi) is 8.15. The van der Waals surface area contributed by atoms with Crippen molar-refractivity contribution < 1.29 is 17.9 Å². The summed E-state index contributed by atoms with van der Waals surface area (Å²) in [5.74, 6) is -0.213. The van der Waals surface area contributed by atoms with Crippen LogP contribution in [0.2, 0.25) is 0 Å². The number of esters is 1. The maximum absolute atomic E-state index is 12.9. The number of rotatable bonds is 9. The standard InChI is InChI=1S/C27H27BrN2O4S/c1-34-27(31)7-3-2-6-26(21-5-4-14-29-18-21)20-9-8-19-16-24(17-22(19)15-20)30-35(32,33)25-12-10-23(28)11-13-25/h4-6,8-15,18,24,30H,2-3,7,16-17H2,1H3/b26-6-. The number of hydrogen-bond acceptors (Lipinski definition) is 5. The molecule has 1 heterocycles. The molecule has 0 saturated heterocycles. The highest BCUT2D eigenvalue weighted by molar-refractivity contribution is 9.10. The zero-order valence-corrected chi connectivity index (χ0v) is 21.8. The Bertz CT molecular complexity index is 1320. The van der Waals surface area contributed by atoms with Crippen molar-refractivity contribution in [1.29, 1.82) is 0 Å². The number of nitrogens with zero attached hydrogens (tertiary/aromatic N) is 1. The highest BCUT2D eigenvalue weighted by atomic mass is 79.9. The van der Waals surface area contributed by atoms with Crippen LogP contribution >= 0.6 is 15.9 Å². The normalized spacial score (nSPS) is 15.6. The number of carbonyl (C=O) groups excluding carboxylic acids is 1. The van der Waals surface area contributed by atoms with Gasteiger partial charge in [0.1, 0.15) is 0 Å². The van der Waals surface area contributed by atoms with E-state index >= 15 is 0 Å².